The third kappa shape index (κ3) is 2.71. The number of aliphatic carboxylic acids is 1. The molecule has 0 atom stereocenters. The van der Waals surface area contributed by atoms with E-state index in [-0.39, 0.29) is 16.5 Å². The van der Waals surface area contributed by atoms with Gasteiger partial charge in [-0.05, 0) is 0 Å². The van der Waals surface area contributed by atoms with Crippen molar-refractivity contribution < 1.29 is 19.7 Å². The minimum absolute atomic E-state index is 0.157. The van der Waals surface area contributed by atoms with E-state index in [9.17, 15) is 9.59 Å². The molecule has 0 bridgehead atoms. The SMILES string of the molecule is O=C(O)COc1c[nH]c(CO)c(Cl)c1=O. The highest BCUT2D eigenvalue weighted by atomic mass is 35.5. The second kappa shape index (κ2) is 4.81. The maximum atomic E-state index is 11.4. The topological polar surface area (TPSA) is 99.6 Å². The summed E-state index contributed by atoms with van der Waals surface area (Å²) < 4.78 is 4.67. The van der Waals surface area contributed by atoms with E-state index < -0.39 is 24.6 Å². The third-order valence-corrected chi connectivity index (χ3v) is 1.97. The molecule has 0 aliphatic rings. The Kier molecular flexibility index (Phi) is 3.70. The molecule has 1 aromatic heterocycles. The molecule has 0 saturated heterocycles. The van der Waals surface area contributed by atoms with Crippen molar-refractivity contribution in [3.05, 3.63) is 27.1 Å². The predicted octanol–water partition coefficient (Wildman–Crippen LogP) is -0.0160. The molecule has 0 radical (unpaired) electrons. The van der Waals surface area contributed by atoms with Crippen LogP contribution in [-0.2, 0) is 11.4 Å². The van der Waals surface area contributed by atoms with Crippen molar-refractivity contribution in [2.45, 2.75) is 6.61 Å². The molecule has 0 aliphatic heterocycles. The Morgan fingerprint density at radius 2 is 2.27 bits per heavy atom. The third-order valence-electron chi connectivity index (χ3n) is 1.57. The average molecular weight is 234 g/mol. The van der Waals surface area contributed by atoms with Gasteiger partial charge in [-0.1, -0.05) is 11.6 Å². The van der Waals surface area contributed by atoms with Crippen LogP contribution in [0.5, 0.6) is 5.75 Å². The van der Waals surface area contributed by atoms with Crippen molar-refractivity contribution in [1.29, 1.82) is 0 Å². The summed E-state index contributed by atoms with van der Waals surface area (Å²) in [6.07, 6.45) is 1.16. The van der Waals surface area contributed by atoms with Gasteiger partial charge in [0.05, 0.1) is 12.3 Å². The fraction of sp³-hybridized carbons (Fsp3) is 0.250. The van der Waals surface area contributed by atoms with Crippen LogP contribution in [0.3, 0.4) is 0 Å². The summed E-state index contributed by atoms with van der Waals surface area (Å²) in [7, 11) is 0. The van der Waals surface area contributed by atoms with Crippen LogP contribution in [0.15, 0.2) is 11.0 Å². The maximum absolute atomic E-state index is 11.4. The molecule has 0 amide bonds. The van der Waals surface area contributed by atoms with Crippen molar-refractivity contribution in [3.8, 4) is 5.75 Å². The first-order chi connectivity index (χ1) is 7.06. The molecule has 7 heteroatoms. The molecule has 0 aromatic carbocycles. The zero-order valence-corrected chi connectivity index (χ0v) is 8.24. The number of halogens is 1. The number of nitrogens with one attached hydrogen (secondary N) is 1. The molecule has 1 heterocycles. The van der Waals surface area contributed by atoms with Gasteiger partial charge in [0.25, 0.3) is 0 Å². The number of hydrogen-bond donors (Lipinski definition) is 3. The van der Waals surface area contributed by atoms with Gasteiger partial charge in [0, 0.05) is 6.20 Å². The summed E-state index contributed by atoms with van der Waals surface area (Å²) in [6.45, 7) is -1.04. The second-order valence-electron chi connectivity index (χ2n) is 2.62. The zero-order valence-electron chi connectivity index (χ0n) is 7.49. The van der Waals surface area contributed by atoms with Crippen molar-refractivity contribution in [3.63, 3.8) is 0 Å². The number of pyridine rings is 1. The van der Waals surface area contributed by atoms with Crippen LogP contribution in [0.4, 0.5) is 0 Å². The smallest absolute Gasteiger partial charge is 0.341 e. The molecule has 0 spiro atoms. The number of aliphatic hydroxyl groups excluding tert-OH is 1. The molecule has 0 aliphatic carbocycles. The lowest BCUT2D eigenvalue weighted by atomic mass is 10.3. The molecule has 15 heavy (non-hydrogen) atoms. The van der Waals surface area contributed by atoms with Crippen molar-refractivity contribution >= 4 is 17.6 Å². The Morgan fingerprint density at radius 3 is 2.80 bits per heavy atom. The number of hydrogen-bond acceptors (Lipinski definition) is 4. The lowest BCUT2D eigenvalue weighted by Crippen LogP contribution is -2.16. The first kappa shape index (κ1) is 11.5. The van der Waals surface area contributed by atoms with Crippen LogP contribution in [0.2, 0.25) is 5.02 Å². The number of H-pyrrole nitrogens is 1. The first-order valence-electron chi connectivity index (χ1n) is 3.91. The molecular formula is C8H8ClNO5. The fourth-order valence-electron chi connectivity index (χ4n) is 0.889. The molecule has 82 valence electrons. The van der Waals surface area contributed by atoms with E-state index in [0.717, 1.165) is 6.20 Å². The summed E-state index contributed by atoms with van der Waals surface area (Å²) >= 11 is 5.58. The lowest BCUT2D eigenvalue weighted by Gasteiger charge is -2.04. The monoisotopic (exact) mass is 233 g/mol. The number of aliphatic hydroxyl groups is 1. The van der Waals surface area contributed by atoms with Gasteiger partial charge in [-0.25, -0.2) is 4.79 Å². The minimum Gasteiger partial charge on any atom is -0.479 e. The van der Waals surface area contributed by atoms with E-state index in [4.69, 9.17) is 21.8 Å². The summed E-state index contributed by atoms with van der Waals surface area (Å²) in [4.78, 5) is 24.1. The van der Waals surface area contributed by atoms with Crippen LogP contribution in [0.25, 0.3) is 0 Å². The summed E-state index contributed by atoms with van der Waals surface area (Å²) in [5.41, 5.74) is -0.495. The minimum atomic E-state index is -1.20. The maximum Gasteiger partial charge on any atom is 0.341 e. The Balaban J connectivity index is 2.97. The molecule has 3 N–H and O–H groups in total. The van der Waals surface area contributed by atoms with E-state index in [2.05, 4.69) is 9.72 Å². The Hall–Kier alpha value is -1.53. The van der Waals surface area contributed by atoms with Gasteiger partial charge in [-0.15, -0.1) is 0 Å². The summed E-state index contributed by atoms with van der Waals surface area (Å²) in [5, 5.41) is 16.9. The van der Waals surface area contributed by atoms with Gasteiger partial charge in [-0.2, -0.15) is 0 Å². The number of aromatic amines is 1. The molecule has 6 nitrogen and oxygen atoms in total. The standard InChI is InChI=1S/C8H8ClNO5/c9-7-4(2-11)10-1-5(8(7)14)15-3-6(12)13/h1,11H,2-3H2,(H,10,14)(H,12,13). The van der Waals surface area contributed by atoms with Crippen LogP contribution in [0, 0.1) is 0 Å². The van der Waals surface area contributed by atoms with Gasteiger partial charge in [-0.3, -0.25) is 4.79 Å². The first-order valence-corrected chi connectivity index (χ1v) is 4.29. The highest BCUT2D eigenvalue weighted by Crippen LogP contribution is 2.12. The van der Waals surface area contributed by atoms with Crippen molar-refractivity contribution in [2.75, 3.05) is 6.61 Å². The molecule has 0 fully saturated rings. The fourth-order valence-corrected chi connectivity index (χ4v) is 1.10. The summed E-state index contributed by atoms with van der Waals surface area (Å²) in [6, 6.07) is 0. The quantitative estimate of drug-likeness (QED) is 0.679. The largest absolute Gasteiger partial charge is 0.479 e. The van der Waals surface area contributed by atoms with E-state index in [1.165, 1.54) is 0 Å². The molecule has 1 aromatic rings. The zero-order chi connectivity index (χ0) is 11.4. The Morgan fingerprint density at radius 1 is 1.60 bits per heavy atom. The molecule has 1 rings (SSSR count). The van der Waals surface area contributed by atoms with Gasteiger partial charge in [0.2, 0.25) is 5.43 Å². The Labute approximate surface area is 89.1 Å². The van der Waals surface area contributed by atoms with E-state index in [1.807, 2.05) is 0 Å². The number of carbonyl (C=O) groups is 1. The number of carboxylic acids is 1. The number of ether oxygens (including phenoxy) is 1. The highest BCUT2D eigenvalue weighted by molar-refractivity contribution is 6.31. The normalized spacial score (nSPS) is 10.0. The van der Waals surface area contributed by atoms with E-state index >= 15 is 0 Å². The van der Waals surface area contributed by atoms with Crippen LogP contribution in [-0.4, -0.2) is 27.8 Å². The van der Waals surface area contributed by atoms with Gasteiger partial charge in [0.15, 0.2) is 12.4 Å². The van der Waals surface area contributed by atoms with Crippen molar-refractivity contribution in [1.82, 2.24) is 4.98 Å². The van der Waals surface area contributed by atoms with Crippen LogP contribution < -0.4 is 10.2 Å². The van der Waals surface area contributed by atoms with E-state index in [0.29, 0.717) is 0 Å². The van der Waals surface area contributed by atoms with E-state index in [1.54, 1.807) is 0 Å². The summed E-state index contributed by atoms with van der Waals surface area (Å²) in [5.74, 6) is -1.39. The number of aromatic nitrogens is 1. The van der Waals surface area contributed by atoms with Crippen LogP contribution in [0.1, 0.15) is 5.69 Å². The van der Waals surface area contributed by atoms with Gasteiger partial charge < -0.3 is 19.9 Å². The Bertz CT molecular complexity index is 428. The van der Waals surface area contributed by atoms with Crippen LogP contribution >= 0.6 is 11.6 Å². The highest BCUT2D eigenvalue weighted by Gasteiger charge is 2.10. The number of rotatable bonds is 4. The van der Waals surface area contributed by atoms with Gasteiger partial charge >= 0.3 is 5.97 Å². The van der Waals surface area contributed by atoms with Crippen molar-refractivity contribution in [2.24, 2.45) is 0 Å². The average Bonchev–Trinajstić information content (AvgIpc) is 2.20. The lowest BCUT2D eigenvalue weighted by molar-refractivity contribution is -0.139. The molecular weight excluding hydrogens is 226 g/mol. The molecule has 0 unspecified atom stereocenters. The number of carboxylic acid groups (broad SMARTS) is 1. The second-order valence-corrected chi connectivity index (χ2v) is 2.99. The predicted molar refractivity (Wildman–Crippen MR) is 51.1 cm³/mol. The van der Waals surface area contributed by atoms with Gasteiger partial charge in [0.1, 0.15) is 5.02 Å². The molecule has 0 saturated carbocycles.